The average Bonchev–Trinajstić information content (AvgIpc) is 2.90. The van der Waals surface area contributed by atoms with Gasteiger partial charge in [-0.25, -0.2) is 0 Å². The van der Waals surface area contributed by atoms with Crippen molar-refractivity contribution in [3.8, 4) is 5.88 Å². The standard InChI is InChI=1S/C16H19N3O/c1-2-11-20-16-13(17)7-8-15(18-16)19-10-9-12-5-3-4-6-14(12)19/h3-8H,2,9-11,17H2,1H3. The molecule has 4 heteroatoms. The van der Waals surface area contributed by atoms with Gasteiger partial charge in [0, 0.05) is 12.2 Å². The molecular weight excluding hydrogens is 250 g/mol. The number of hydrogen-bond donors (Lipinski definition) is 1. The van der Waals surface area contributed by atoms with Gasteiger partial charge < -0.3 is 15.4 Å². The van der Waals surface area contributed by atoms with E-state index in [1.807, 2.05) is 12.1 Å². The summed E-state index contributed by atoms with van der Waals surface area (Å²) in [7, 11) is 0. The monoisotopic (exact) mass is 269 g/mol. The zero-order valence-electron chi connectivity index (χ0n) is 11.7. The Morgan fingerprint density at radius 2 is 2.10 bits per heavy atom. The molecule has 0 saturated heterocycles. The molecule has 0 saturated carbocycles. The number of benzene rings is 1. The van der Waals surface area contributed by atoms with E-state index in [1.54, 1.807) is 0 Å². The first-order valence-electron chi connectivity index (χ1n) is 7.04. The van der Waals surface area contributed by atoms with E-state index in [2.05, 4.69) is 41.1 Å². The molecule has 0 bridgehead atoms. The van der Waals surface area contributed by atoms with E-state index in [1.165, 1.54) is 11.3 Å². The predicted molar refractivity (Wildman–Crippen MR) is 81.6 cm³/mol. The normalized spacial score (nSPS) is 13.3. The maximum absolute atomic E-state index is 5.92. The van der Waals surface area contributed by atoms with Crippen LogP contribution in [0.3, 0.4) is 0 Å². The first kappa shape index (κ1) is 12.8. The largest absolute Gasteiger partial charge is 0.476 e. The van der Waals surface area contributed by atoms with E-state index < -0.39 is 0 Å². The lowest BCUT2D eigenvalue weighted by atomic mass is 10.2. The van der Waals surface area contributed by atoms with Crippen LogP contribution in [0.2, 0.25) is 0 Å². The summed E-state index contributed by atoms with van der Waals surface area (Å²) in [5, 5.41) is 0. The molecule has 0 spiro atoms. The number of aromatic nitrogens is 1. The van der Waals surface area contributed by atoms with Gasteiger partial charge in [-0.05, 0) is 36.6 Å². The summed E-state index contributed by atoms with van der Waals surface area (Å²) in [6.45, 7) is 3.65. The lowest BCUT2D eigenvalue weighted by Gasteiger charge is -2.19. The van der Waals surface area contributed by atoms with E-state index in [4.69, 9.17) is 10.5 Å². The van der Waals surface area contributed by atoms with Crippen LogP contribution < -0.4 is 15.4 Å². The Kier molecular flexibility index (Phi) is 3.46. The van der Waals surface area contributed by atoms with E-state index in [0.717, 1.165) is 25.2 Å². The van der Waals surface area contributed by atoms with E-state index in [9.17, 15) is 0 Å². The fourth-order valence-corrected chi connectivity index (χ4v) is 2.48. The molecule has 0 amide bonds. The van der Waals surface area contributed by atoms with Crippen molar-refractivity contribution in [3.05, 3.63) is 42.0 Å². The van der Waals surface area contributed by atoms with Gasteiger partial charge in [0.2, 0.25) is 5.88 Å². The smallest absolute Gasteiger partial charge is 0.239 e. The Hall–Kier alpha value is -2.23. The predicted octanol–water partition coefficient (Wildman–Crippen LogP) is 3.15. The van der Waals surface area contributed by atoms with Gasteiger partial charge in [0.05, 0.1) is 12.3 Å². The fraction of sp³-hybridized carbons (Fsp3) is 0.312. The summed E-state index contributed by atoms with van der Waals surface area (Å²) in [5.74, 6) is 1.43. The molecule has 4 nitrogen and oxygen atoms in total. The van der Waals surface area contributed by atoms with Crippen molar-refractivity contribution in [1.29, 1.82) is 0 Å². The van der Waals surface area contributed by atoms with Gasteiger partial charge in [0.1, 0.15) is 5.82 Å². The minimum Gasteiger partial charge on any atom is -0.476 e. The average molecular weight is 269 g/mol. The minimum atomic E-state index is 0.536. The second kappa shape index (κ2) is 5.41. The van der Waals surface area contributed by atoms with Crippen molar-refractivity contribution in [1.82, 2.24) is 4.98 Å². The minimum absolute atomic E-state index is 0.536. The van der Waals surface area contributed by atoms with Gasteiger partial charge in [-0.3, -0.25) is 0 Å². The van der Waals surface area contributed by atoms with Gasteiger partial charge in [-0.15, -0.1) is 0 Å². The molecule has 1 aromatic heterocycles. The van der Waals surface area contributed by atoms with Gasteiger partial charge in [-0.1, -0.05) is 25.1 Å². The van der Waals surface area contributed by atoms with Crippen LogP contribution in [-0.4, -0.2) is 18.1 Å². The van der Waals surface area contributed by atoms with Crippen molar-refractivity contribution in [2.24, 2.45) is 0 Å². The summed E-state index contributed by atoms with van der Waals surface area (Å²) in [4.78, 5) is 6.79. The maximum Gasteiger partial charge on any atom is 0.239 e. The zero-order chi connectivity index (χ0) is 13.9. The highest BCUT2D eigenvalue weighted by Crippen LogP contribution is 2.34. The third-order valence-electron chi connectivity index (χ3n) is 3.48. The van der Waals surface area contributed by atoms with Crippen LogP contribution in [0.5, 0.6) is 5.88 Å². The number of para-hydroxylation sites is 1. The SMILES string of the molecule is CCCOc1nc(N2CCc3ccccc32)ccc1N. The summed E-state index contributed by atoms with van der Waals surface area (Å²) in [5.41, 5.74) is 9.10. The van der Waals surface area contributed by atoms with Crippen molar-refractivity contribution < 1.29 is 4.74 Å². The van der Waals surface area contributed by atoms with E-state index in [0.29, 0.717) is 18.2 Å². The van der Waals surface area contributed by atoms with Crippen molar-refractivity contribution in [2.75, 3.05) is 23.8 Å². The van der Waals surface area contributed by atoms with Crippen molar-refractivity contribution >= 4 is 17.2 Å². The number of nitrogen functional groups attached to an aromatic ring is 1. The van der Waals surface area contributed by atoms with Gasteiger partial charge in [0.15, 0.2) is 0 Å². The molecule has 104 valence electrons. The van der Waals surface area contributed by atoms with E-state index >= 15 is 0 Å². The number of ether oxygens (including phenoxy) is 1. The molecule has 20 heavy (non-hydrogen) atoms. The number of nitrogens with zero attached hydrogens (tertiary/aromatic N) is 2. The molecule has 2 N–H and O–H groups in total. The Labute approximate surface area is 119 Å². The first-order chi connectivity index (χ1) is 9.79. The number of anilines is 3. The molecular formula is C16H19N3O. The molecule has 2 aromatic rings. The van der Waals surface area contributed by atoms with Crippen LogP contribution in [-0.2, 0) is 6.42 Å². The first-order valence-corrected chi connectivity index (χ1v) is 7.04. The van der Waals surface area contributed by atoms with Crippen LogP contribution in [0.15, 0.2) is 36.4 Å². The summed E-state index contributed by atoms with van der Waals surface area (Å²) in [6, 6.07) is 12.3. The highest BCUT2D eigenvalue weighted by atomic mass is 16.5. The lowest BCUT2D eigenvalue weighted by Crippen LogP contribution is -2.15. The summed E-state index contributed by atoms with van der Waals surface area (Å²) in [6.07, 6.45) is 1.99. The molecule has 1 aromatic carbocycles. The highest BCUT2D eigenvalue weighted by Gasteiger charge is 2.21. The maximum atomic E-state index is 5.92. The molecule has 3 rings (SSSR count). The molecule has 0 unspecified atom stereocenters. The molecule has 0 atom stereocenters. The molecule has 0 fully saturated rings. The number of fused-ring (bicyclic) bond motifs is 1. The van der Waals surface area contributed by atoms with Gasteiger partial charge >= 0.3 is 0 Å². The Bertz CT molecular complexity index is 612. The highest BCUT2D eigenvalue weighted by molar-refractivity contribution is 5.69. The van der Waals surface area contributed by atoms with Crippen LogP contribution in [0.25, 0.3) is 0 Å². The summed E-state index contributed by atoms with van der Waals surface area (Å²) >= 11 is 0. The molecule has 1 aliphatic heterocycles. The number of nitrogens with two attached hydrogens (primary N) is 1. The summed E-state index contributed by atoms with van der Waals surface area (Å²) < 4.78 is 5.61. The second-order valence-corrected chi connectivity index (χ2v) is 4.94. The number of pyridine rings is 1. The molecule has 2 heterocycles. The molecule has 0 radical (unpaired) electrons. The third kappa shape index (κ3) is 2.29. The quantitative estimate of drug-likeness (QED) is 0.926. The van der Waals surface area contributed by atoms with E-state index in [-0.39, 0.29) is 0 Å². The third-order valence-corrected chi connectivity index (χ3v) is 3.48. The number of hydrogen-bond acceptors (Lipinski definition) is 4. The zero-order valence-corrected chi connectivity index (χ0v) is 11.7. The van der Waals surface area contributed by atoms with Crippen LogP contribution in [0, 0.1) is 0 Å². The Morgan fingerprint density at radius 3 is 2.95 bits per heavy atom. The number of rotatable bonds is 4. The molecule has 1 aliphatic rings. The van der Waals surface area contributed by atoms with Crippen molar-refractivity contribution in [2.45, 2.75) is 19.8 Å². The Morgan fingerprint density at radius 1 is 1.25 bits per heavy atom. The molecule has 0 aliphatic carbocycles. The van der Waals surface area contributed by atoms with Gasteiger partial charge in [-0.2, -0.15) is 4.98 Å². The fourth-order valence-electron chi connectivity index (χ4n) is 2.48. The second-order valence-electron chi connectivity index (χ2n) is 4.94. The topological polar surface area (TPSA) is 51.4 Å². The van der Waals surface area contributed by atoms with Crippen LogP contribution in [0.1, 0.15) is 18.9 Å². The Balaban J connectivity index is 1.92. The van der Waals surface area contributed by atoms with Crippen LogP contribution >= 0.6 is 0 Å². The lowest BCUT2D eigenvalue weighted by molar-refractivity contribution is 0.307. The van der Waals surface area contributed by atoms with Gasteiger partial charge in [0.25, 0.3) is 0 Å². The van der Waals surface area contributed by atoms with Crippen molar-refractivity contribution in [3.63, 3.8) is 0 Å². The van der Waals surface area contributed by atoms with Crippen LogP contribution in [0.4, 0.5) is 17.2 Å².